The summed E-state index contributed by atoms with van der Waals surface area (Å²) in [5.41, 5.74) is 1.14. The van der Waals surface area contributed by atoms with Gasteiger partial charge in [0.15, 0.2) is 6.73 Å². The molecule has 4 nitrogen and oxygen atoms in total. The number of aryl methyl sites for hydroxylation is 1. The first-order valence-electron chi connectivity index (χ1n) is 4.94. The van der Waals surface area contributed by atoms with Crippen molar-refractivity contribution in [1.82, 2.24) is 10.6 Å². The molecule has 1 aromatic carbocycles. The number of hydrogen-bond donors (Lipinski definition) is 2. The van der Waals surface area contributed by atoms with Gasteiger partial charge in [-0.25, -0.2) is 4.79 Å². The molecule has 2 amide bonds. The molecule has 0 aromatic heterocycles. The average molecular weight is 208 g/mol. The topological polar surface area (TPSA) is 50.4 Å². The van der Waals surface area contributed by atoms with Crippen molar-refractivity contribution in [3.8, 4) is 5.75 Å². The first-order chi connectivity index (χ1) is 7.27. The van der Waals surface area contributed by atoms with Crippen molar-refractivity contribution in [1.29, 1.82) is 0 Å². The molecule has 1 aromatic rings. The molecule has 0 aliphatic rings. The molecule has 82 valence electrons. The van der Waals surface area contributed by atoms with Gasteiger partial charge in [-0.1, -0.05) is 25.1 Å². The predicted octanol–water partition coefficient (Wildman–Crippen LogP) is 1.51. The van der Waals surface area contributed by atoms with E-state index in [1.807, 2.05) is 24.3 Å². The maximum Gasteiger partial charge on any atom is 0.317 e. The Hall–Kier alpha value is -1.71. The number of benzene rings is 1. The van der Waals surface area contributed by atoms with Gasteiger partial charge in [0.05, 0.1) is 0 Å². The predicted molar refractivity (Wildman–Crippen MR) is 58.9 cm³/mol. The highest BCUT2D eigenvalue weighted by molar-refractivity contribution is 5.73. The number of carbonyl (C=O) groups is 1. The molecule has 0 aliphatic heterocycles. The summed E-state index contributed by atoms with van der Waals surface area (Å²) in [7, 11) is 1.56. The molecule has 15 heavy (non-hydrogen) atoms. The Labute approximate surface area is 89.6 Å². The molecular weight excluding hydrogens is 192 g/mol. The highest BCUT2D eigenvalue weighted by Crippen LogP contribution is 2.17. The van der Waals surface area contributed by atoms with Crippen LogP contribution in [-0.4, -0.2) is 19.8 Å². The summed E-state index contributed by atoms with van der Waals surface area (Å²) in [6.45, 7) is 2.24. The second-order valence-electron chi connectivity index (χ2n) is 3.01. The molecule has 0 unspecified atom stereocenters. The van der Waals surface area contributed by atoms with Crippen molar-refractivity contribution < 1.29 is 9.53 Å². The Bertz CT molecular complexity index is 326. The minimum atomic E-state index is -0.246. The first-order valence-corrected chi connectivity index (χ1v) is 4.94. The van der Waals surface area contributed by atoms with Crippen LogP contribution in [0.15, 0.2) is 24.3 Å². The minimum Gasteiger partial charge on any atom is -0.473 e. The summed E-state index contributed by atoms with van der Waals surface area (Å²) in [5, 5.41) is 5.01. The molecule has 0 atom stereocenters. The summed E-state index contributed by atoms with van der Waals surface area (Å²) in [5.74, 6) is 0.816. The summed E-state index contributed by atoms with van der Waals surface area (Å²) >= 11 is 0. The zero-order valence-corrected chi connectivity index (χ0v) is 9.04. The van der Waals surface area contributed by atoms with Crippen molar-refractivity contribution in [3.63, 3.8) is 0 Å². The summed E-state index contributed by atoms with van der Waals surface area (Å²) in [6.07, 6.45) is 0.913. The molecule has 0 aliphatic carbocycles. The Kier molecular flexibility index (Phi) is 4.47. The van der Waals surface area contributed by atoms with Crippen LogP contribution in [0, 0.1) is 0 Å². The Morgan fingerprint density at radius 3 is 2.80 bits per heavy atom. The van der Waals surface area contributed by atoms with Crippen molar-refractivity contribution in [2.45, 2.75) is 13.3 Å². The third-order valence-electron chi connectivity index (χ3n) is 2.04. The largest absolute Gasteiger partial charge is 0.473 e. The van der Waals surface area contributed by atoms with E-state index in [4.69, 9.17) is 4.74 Å². The Morgan fingerprint density at radius 1 is 1.40 bits per heavy atom. The van der Waals surface area contributed by atoms with Crippen LogP contribution in [0.25, 0.3) is 0 Å². The number of ether oxygens (including phenoxy) is 1. The van der Waals surface area contributed by atoms with Crippen LogP contribution in [0.5, 0.6) is 5.75 Å². The normalized spacial score (nSPS) is 9.47. The molecule has 0 fully saturated rings. The van der Waals surface area contributed by atoms with Gasteiger partial charge in [-0.3, -0.25) is 0 Å². The second-order valence-corrected chi connectivity index (χ2v) is 3.01. The van der Waals surface area contributed by atoms with E-state index < -0.39 is 0 Å². The SMILES string of the molecule is CCc1ccccc1OCNC(=O)NC. The molecule has 2 N–H and O–H groups in total. The molecule has 4 heteroatoms. The smallest absolute Gasteiger partial charge is 0.317 e. The second kappa shape index (κ2) is 5.90. The molecule has 0 heterocycles. The van der Waals surface area contributed by atoms with E-state index in [1.54, 1.807) is 7.05 Å². The quantitative estimate of drug-likeness (QED) is 0.737. The lowest BCUT2D eigenvalue weighted by Crippen LogP contribution is -2.35. The third-order valence-corrected chi connectivity index (χ3v) is 2.04. The molecule has 0 saturated carbocycles. The Morgan fingerprint density at radius 2 is 2.13 bits per heavy atom. The first kappa shape index (κ1) is 11.4. The lowest BCUT2D eigenvalue weighted by Gasteiger charge is -2.10. The van der Waals surface area contributed by atoms with E-state index in [-0.39, 0.29) is 12.8 Å². The fourth-order valence-corrected chi connectivity index (χ4v) is 1.20. The van der Waals surface area contributed by atoms with Crippen molar-refractivity contribution in [3.05, 3.63) is 29.8 Å². The Balaban J connectivity index is 2.46. The number of para-hydroxylation sites is 1. The standard InChI is InChI=1S/C11H16N2O2/c1-3-9-6-4-5-7-10(9)15-8-13-11(14)12-2/h4-7H,3,8H2,1-2H3,(H2,12,13,14). The van der Waals surface area contributed by atoms with Crippen LogP contribution in [-0.2, 0) is 6.42 Å². The van der Waals surface area contributed by atoms with Crippen LogP contribution < -0.4 is 15.4 Å². The molecule has 1 rings (SSSR count). The van der Waals surface area contributed by atoms with Gasteiger partial charge in [-0.2, -0.15) is 0 Å². The van der Waals surface area contributed by atoms with Gasteiger partial charge < -0.3 is 15.4 Å². The monoisotopic (exact) mass is 208 g/mol. The van der Waals surface area contributed by atoms with E-state index in [0.717, 1.165) is 17.7 Å². The molecule has 0 spiro atoms. The van der Waals surface area contributed by atoms with Gasteiger partial charge >= 0.3 is 6.03 Å². The highest BCUT2D eigenvalue weighted by Gasteiger charge is 2.00. The van der Waals surface area contributed by atoms with Crippen LogP contribution in [0.1, 0.15) is 12.5 Å². The van der Waals surface area contributed by atoms with E-state index in [2.05, 4.69) is 17.6 Å². The average Bonchev–Trinajstić information content (AvgIpc) is 2.29. The molecular formula is C11H16N2O2. The fourth-order valence-electron chi connectivity index (χ4n) is 1.20. The lowest BCUT2D eigenvalue weighted by molar-refractivity contribution is 0.225. The zero-order chi connectivity index (χ0) is 11.1. The summed E-state index contributed by atoms with van der Waals surface area (Å²) in [6, 6.07) is 7.54. The van der Waals surface area contributed by atoms with E-state index >= 15 is 0 Å². The van der Waals surface area contributed by atoms with Gasteiger partial charge in [-0.15, -0.1) is 0 Å². The summed E-state index contributed by atoms with van der Waals surface area (Å²) < 4.78 is 5.43. The number of carbonyl (C=O) groups excluding carboxylic acids is 1. The number of rotatable bonds is 4. The van der Waals surface area contributed by atoms with Gasteiger partial charge in [0.2, 0.25) is 0 Å². The van der Waals surface area contributed by atoms with Crippen molar-refractivity contribution in [2.24, 2.45) is 0 Å². The van der Waals surface area contributed by atoms with Crippen LogP contribution in [0.2, 0.25) is 0 Å². The number of amides is 2. The highest BCUT2D eigenvalue weighted by atomic mass is 16.5. The van der Waals surface area contributed by atoms with Gasteiger partial charge in [0.25, 0.3) is 0 Å². The summed E-state index contributed by atoms with van der Waals surface area (Å²) in [4.78, 5) is 10.9. The van der Waals surface area contributed by atoms with E-state index in [0.29, 0.717) is 0 Å². The van der Waals surface area contributed by atoms with Crippen molar-refractivity contribution >= 4 is 6.03 Å². The van der Waals surface area contributed by atoms with Crippen molar-refractivity contribution in [2.75, 3.05) is 13.8 Å². The molecule has 0 saturated heterocycles. The van der Waals surface area contributed by atoms with Crippen LogP contribution >= 0.6 is 0 Å². The maximum absolute atomic E-state index is 10.9. The number of urea groups is 1. The van der Waals surface area contributed by atoms with Crippen LogP contribution in [0.3, 0.4) is 0 Å². The fraction of sp³-hybridized carbons (Fsp3) is 0.364. The third kappa shape index (κ3) is 3.50. The number of hydrogen-bond acceptors (Lipinski definition) is 2. The van der Waals surface area contributed by atoms with Crippen LogP contribution in [0.4, 0.5) is 4.79 Å². The maximum atomic E-state index is 10.9. The molecule has 0 bridgehead atoms. The van der Waals surface area contributed by atoms with Gasteiger partial charge in [0.1, 0.15) is 5.75 Å². The zero-order valence-electron chi connectivity index (χ0n) is 9.04. The number of nitrogens with one attached hydrogen (secondary N) is 2. The molecule has 0 radical (unpaired) electrons. The minimum absolute atomic E-state index is 0.177. The van der Waals surface area contributed by atoms with E-state index in [1.165, 1.54) is 0 Å². The lowest BCUT2D eigenvalue weighted by atomic mass is 10.1. The van der Waals surface area contributed by atoms with E-state index in [9.17, 15) is 4.79 Å². The van der Waals surface area contributed by atoms with Gasteiger partial charge in [-0.05, 0) is 18.1 Å². The van der Waals surface area contributed by atoms with Gasteiger partial charge in [0, 0.05) is 7.05 Å².